The number of anilines is 1. The third kappa shape index (κ3) is 4.05. The maximum Gasteiger partial charge on any atom is 0.146 e. The summed E-state index contributed by atoms with van der Waals surface area (Å²) in [5.41, 5.74) is 9.95. The first kappa shape index (κ1) is 15.5. The van der Waals surface area contributed by atoms with Crippen molar-refractivity contribution in [2.75, 3.05) is 18.0 Å². The van der Waals surface area contributed by atoms with Gasteiger partial charge in [-0.15, -0.1) is 0 Å². The predicted octanol–water partition coefficient (Wildman–Crippen LogP) is 3.80. The van der Waals surface area contributed by atoms with Gasteiger partial charge in [0.15, 0.2) is 0 Å². The van der Waals surface area contributed by atoms with Crippen LogP contribution >= 0.6 is 0 Å². The molecule has 2 N–H and O–H groups in total. The topological polar surface area (TPSA) is 29.3 Å². The molecule has 0 aliphatic carbocycles. The van der Waals surface area contributed by atoms with E-state index in [2.05, 4.69) is 36.9 Å². The molecule has 0 aromatic heterocycles. The van der Waals surface area contributed by atoms with Gasteiger partial charge in [0.25, 0.3) is 0 Å². The van der Waals surface area contributed by atoms with Gasteiger partial charge in [0.05, 0.1) is 5.69 Å². The van der Waals surface area contributed by atoms with Crippen LogP contribution in [0.1, 0.15) is 23.1 Å². The fourth-order valence-corrected chi connectivity index (χ4v) is 2.45. The van der Waals surface area contributed by atoms with Crippen LogP contribution in [0.4, 0.5) is 10.1 Å². The van der Waals surface area contributed by atoms with Crippen molar-refractivity contribution < 1.29 is 4.39 Å². The molecule has 2 rings (SSSR count). The van der Waals surface area contributed by atoms with E-state index in [-0.39, 0.29) is 5.82 Å². The number of rotatable bonds is 6. The minimum Gasteiger partial charge on any atom is -0.365 e. The lowest BCUT2D eigenvalue weighted by atomic mass is 10.0. The molecule has 0 radical (unpaired) electrons. The van der Waals surface area contributed by atoms with E-state index in [4.69, 9.17) is 5.73 Å². The third-order valence-electron chi connectivity index (χ3n) is 3.69. The monoisotopic (exact) mass is 286 g/mol. The fourth-order valence-electron chi connectivity index (χ4n) is 2.45. The molecule has 2 aromatic carbocycles. The van der Waals surface area contributed by atoms with Crippen LogP contribution in [-0.4, -0.2) is 13.1 Å². The van der Waals surface area contributed by atoms with Crippen molar-refractivity contribution in [3.63, 3.8) is 0 Å². The number of hydrogen-bond acceptors (Lipinski definition) is 2. The van der Waals surface area contributed by atoms with Crippen molar-refractivity contribution in [1.29, 1.82) is 0 Å². The molecular weight excluding hydrogens is 263 g/mol. The van der Waals surface area contributed by atoms with Gasteiger partial charge in [-0.25, -0.2) is 4.39 Å². The summed E-state index contributed by atoms with van der Waals surface area (Å²) in [5.74, 6) is -0.181. The highest BCUT2D eigenvalue weighted by Gasteiger charge is 2.12. The standard InChI is InChI=1S/C18H23FN2/c1-14-8-9-15(2)16(12-14)13-21(11-5-10-20)18-7-4-3-6-17(18)19/h3-4,6-9,12H,5,10-11,13,20H2,1-2H3. The molecule has 0 aliphatic heterocycles. The number of hydrogen-bond donors (Lipinski definition) is 1. The van der Waals surface area contributed by atoms with Gasteiger partial charge in [-0.3, -0.25) is 0 Å². The zero-order chi connectivity index (χ0) is 15.2. The molecule has 0 amide bonds. The van der Waals surface area contributed by atoms with E-state index in [1.54, 1.807) is 6.07 Å². The molecule has 0 heterocycles. The number of nitrogens with two attached hydrogens (primary N) is 1. The first-order valence-electron chi connectivity index (χ1n) is 7.37. The van der Waals surface area contributed by atoms with Crippen molar-refractivity contribution in [3.8, 4) is 0 Å². The molecule has 0 atom stereocenters. The molecule has 0 fully saturated rings. The molecule has 0 bridgehead atoms. The molecule has 0 aliphatic rings. The van der Waals surface area contributed by atoms with E-state index in [9.17, 15) is 4.39 Å². The van der Waals surface area contributed by atoms with Crippen LogP contribution in [0.5, 0.6) is 0 Å². The summed E-state index contributed by atoms with van der Waals surface area (Å²) in [6, 6.07) is 13.3. The van der Waals surface area contributed by atoms with E-state index >= 15 is 0 Å². The fraction of sp³-hybridized carbons (Fsp3) is 0.333. The quantitative estimate of drug-likeness (QED) is 0.875. The van der Waals surface area contributed by atoms with E-state index in [1.165, 1.54) is 22.8 Å². The second kappa shape index (κ2) is 7.23. The lowest BCUT2D eigenvalue weighted by Gasteiger charge is -2.26. The van der Waals surface area contributed by atoms with Crippen molar-refractivity contribution >= 4 is 5.69 Å². The van der Waals surface area contributed by atoms with Gasteiger partial charge in [-0.1, -0.05) is 35.9 Å². The Bertz CT molecular complexity index is 596. The Morgan fingerprint density at radius 1 is 1.10 bits per heavy atom. The Morgan fingerprint density at radius 2 is 1.86 bits per heavy atom. The zero-order valence-corrected chi connectivity index (χ0v) is 12.8. The van der Waals surface area contributed by atoms with Crippen LogP contribution in [0.2, 0.25) is 0 Å². The Balaban J connectivity index is 2.28. The van der Waals surface area contributed by atoms with Crippen LogP contribution in [0, 0.1) is 19.7 Å². The molecule has 0 unspecified atom stereocenters. The highest BCUT2D eigenvalue weighted by molar-refractivity contribution is 5.49. The van der Waals surface area contributed by atoms with E-state index in [0.29, 0.717) is 18.8 Å². The molecule has 3 heteroatoms. The number of para-hydroxylation sites is 1. The van der Waals surface area contributed by atoms with Crippen LogP contribution in [0.25, 0.3) is 0 Å². The van der Waals surface area contributed by atoms with Crippen LogP contribution in [0.15, 0.2) is 42.5 Å². The summed E-state index contributed by atoms with van der Waals surface area (Å²) in [6.45, 7) is 6.24. The number of halogens is 1. The first-order chi connectivity index (χ1) is 10.1. The largest absolute Gasteiger partial charge is 0.365 e. The Morgan fingerprint density at radius 3 is 2.57 bits per heavy atom. The SMILES string of the molecule is Cc1ccc(C)c(CN(CCCN)c2ccccc2F)c1. The van der Waals surface area contributed by atoms with Gasteiger partial charge < -0.3 is 10.6 Å². The van der Waals surface area contributed by atoms with Gasteiger partial charge >= 0.3 is 0 Å². The van der Waals surface area contributed by atoms with Gasteiger partial charge in [-0.05, 0) is 50.1 Å². The summed E-state index contributed by atoms with van der Waals surface area (Å²) in [7, 11) is 0. The summed E-state index contributed by atoms with van der Waals surface area (Å²) < 4.78 is 14.1. The van der Waals surface area contributed by atoms with Crippen LogP contribution in [0.3, 0.4) is 0 Å². The molecule has 2 nitrogen and oxygen atoms in total. The number of aryl methyl sites for hydroxylation is 2. The lowest BCUT2D eigenvalue weighted by Crippen LogP contribution is -2.27. The normalized spacial score (nSPS) is 10.7. The summed E-state index contributed by atoms with van der Waals surface area (Å²) >= 11 is 0. The number of benzene rings is 2. The predicted molar refractivity (Wildman–Crippen MR) is 87.0 cm³/mol. The van der Waals surface area contributed by atoms with Crippen LogP contribution < -0.4 is 10.6 Å². The van der Waals surface area contributed by atoms with Crippen molar-refractivity contribution in [2.45, 2.75) is 26.8 Å². The molecule has 2 aromatic rings. The summed E-state index contributed by atoms with van der Waals surface area (Å²) in [4.78, 5) is 2.07. The number of nitrogens with zero attached hydrogens (tertiary/aromatic N) is 1. The van der Waals surface area contributed by atoms with Crippen LogP contribution in [-0.2, 0) is 6.54 Å². The Hall–Kier alpha value is -1.87. The Kier molecular flexibility index (Phi) is 5.34. The van der Waals surface area contributed by atoms with E-state index in [0.717, 1.165) is 13.0 Å². The molecule has 0 saturated heterocycles. The van der Waals surface area contributed by atoms with Gasteiger partial charge in [0.1, 0.15) is 5.82 Å². The molecule has 0 spiro atoms. The zero-order valence-electron chi connectivity index (χ0n) is 12.8. The molecule has 0 saturated carbocycles. The van der Waals surface area contributed by atoms with Crippen molar-refractivity contribution in [1.82, 2.24) is 0 Å². The Labute approximate surface area is 126 Å². The maximum absolute atomic E-state index is 14.1. The first-order valence-corrected chi connectivity index (χ1v) is 7.37. The molecule has 21 heavy (non-hydrogen) atoms. The summed E-state index contributed by atoms with van der Waals surface area (Å²) in [6.07, 6.45) is 0.846. The van der Waals surface area contributed by atoms with Gasteiger partial charge in [-0.2, -0.15) is 0 Å². The lowest BCUT2D eigenvalue weighted by molar-refractivity contribution is 0.612. The second-order valence-electron chi connectivity index (χ2n) is 5.45. The van der Waals surface area contributed by atoms with Gasteiger partial charge in [0.2, 0.25) is 0 Å². The van der Waals surface area contributed by atoms with E-state index < -0.39 is 0 Å². The van der Waals surface area contributed by atoms with Crippen molar-refractivity contribution in [3.05, 3.63) is 65.0 Å². The maximum atomic E-state index is 14.1. The molecular formula is C18H23FN2. The van der Waals surface area contributed by atoms with Gasteiger partial charge in [0, 0.05) is 13.1 Å². The average molecular weight is 286 g/mol. The molecule has 112 valence electrons. The summed E-state index contributed by atoms with van der Waals surface area (Å²) in [5, 5.41) is 0. The smallest absolute Gasteiger partial charge is 0.146 e. The third-order valence-corrected chi connectivity index (χ3v) is 3.69. The highest BCUT2D eigenvalue weighted by atomic mass is 19.1. The minimum atomic E-state index is -0.181. The van der Waals surface area contributed by atoms with E-state index in [1.807, 2.05) is 12.1 Å². The average Bonchev–Trinajstić information content (AvgIpc) is 2.48. The second-order valence-corrected chi connectivity index (χ2v) is 5.45. The minimum absolute atomic E-state index is 0.181. The highest BCUT2D eigenvalue weighted by Crippen LogP contribution is 2.22. The van der Waals surface area contributed by atoms with Crippen molar-refractivity contribution in [2.24, 2.45) is 5.73 Å².